The fraction of sp³-hybridized carbons (Fsp3) is 0.0690. The van der Waals surface area contributed by atoms with E-state index in [2.05, 4.69) is 223 Å². The van der Waals surface area contributed by atoms with E-state index in [1.54, 1.807) is 0 Å². The standard InChI is InChI=1S/C58H42N4O/c1-58(2,3)38-31-32-59-57(33-38)62-53-24-11-10-23-50(53)51-30-28-42(36-56(51)62)63-41-16-14-15-39(34-41)60-37-61(55-26-13-12-25-54(55)60)40-27-29-49-47-21-7-6-19-45(47)43-17-4-5-18-44(43)46-20-8-9-22-48(46)52(49)35-40/h4-36H,1-3H3. The van der Waals surface area contributed by atoms with Crippen LogP contribution in [-0.4, -0.2) is 14.1 Å². The molecule has 8 aromatic carbocycles. The van der Waals surface area contributed by atoms with Crippen molar-refractivity contribution in [3.05, 3.63) is 212 Å². The van der Waals surface area contributed by atoms with Crippen LogP contribution in [0.2, 0.25) is 0 Å². The molecule has 63 heavy (non-hydrogen) atoms. The molecule has 0 spiro atoms. The molecule has 0 atom stereocenters. The molecular formula is C58H42N4O. The van der Waals surface area contributed by atoms with Gasteiger partial charge in [0.25, 0.3) is 6.33 Å². The van der Waals surface area contributed by atoms with E-state index < -0.39 is 0 Å². The zero-order valence-corrected chi connectivity index (χ0v) is 35.2. The largest absolute Gasteiger partial charge is 0.458 e. The van der Waals surface area contributed by atoms with Gasteiger partial charge in [0.15, 0.2) is 0 Å². The topological polar surface area (TPSA) is 35.9 Å². The third-order valence-corrected chi connectivity index (χ3v) is 12.6. The highest BCUT2D eigenvalue weighted by Gasteiger charge is 2.23. The van der Waals surface area contributed by atoms with Crippen LogP contribution in [0, 0.1) is 6.33 Å². The molecule has 0 saturated heterocycles. The lowest BCUT2D eigenvalue weighted by Crippen LogP contribution is -2.29. The highest BCUT2D eigenvalue weighted by Crippen LogP contribution is 2.48. The molecule has 5 nitrogen and oxygen atoms in total. The quantitative estimate of drug-likeness (QED) is 0.128. The maximum atomic E-state index is 6.72. The summed E-state index contributed by atoms with van der Waals surface area (Å²) in [6.45, 7) is 6.71. The van der Waals surface area contributed by atoms with E-state index in [0.29, 0.717) is 0 Å². The van der Waals surface area contributed by atoms with E-state index in [1.165, 1.54) is 55.5 Å². The molecule has 3 heterocycles. The van der Waals surface area contributed by atoms with E-state index in [4.69, 9.17) is 9.72 Å². The minimum Gasteiger partial charge on any atom is -0.458 e. The monoisotopic (exact) mass is 810 g/mol. The summed E-state index contributed by atoms with van der Waals surface area (Å²) in [7, 11) is 0. The van der Waals surface area contributed by atoms with E-state index in [9.17, 15) is 0 Å². The Morgan fingerprint density at radius 1 is 0.476 bits per heavy atom. The Hall–Kier alpha value is -8.02. The number of imidazole rings is 1. The van der Waals surface area contributed by atoms with Gasteiger partial charge >= 0.3 is 0 Å². The van der Waals surface area contributed by atoms with Gasteiger partial charge in [-0.2, -0.15) is 0 Å². The van der Waals surface area contributed by atoms with Crippen LogP contribution < -0.4 is 9.30 Å². The van der Waals surface area contributed by atoms with Crippen LogP contribution in [0.25, 0.3) is 94.5 Å². The summed E-state index contributed by atoms with van der Waals surface area (Å²) in [5, 5.41) is 2.33. The van der Waals surface area contributed by atoms with Gasteiger partial charge in [-0.15, -0.1) is 0 Å². The van der Waals surface area contributed by atoms with Crippen molar-refractivity contribution in [1.29, 1.82) is 0 Å². The normalized spacial score (nSPS) is 12.0. The maximum absolute atomic E-state index is 6.72. The van der Waals surface area contributed by atoms with Crippen molar-refractivity contribution in [1.82, 2.24) is 14.1 Å². The van der Waals surface area contributed by atoms with E-state index in [1.807, 2.05) is 18.3 Å². The average molecular weight is 811 g/mol. The summed E-state index contributed by atoms with van der Waals surface area (Å²) >= 11 is 0. The fourth-order valence-electron chi connectivity index (χ4n) is 9.52. The highest BCUT2D eigenvalue weighted by atomic mass is 16.5. The molecule has 0 bridgehead atoms. The second-order valence-corrected chi connectivity index (χ2v) is 17.4. The second kappa shape index (κ2) is 14.3. The summed E-state index contributed by atoms with van der Waals surface area (Å²) in [4.78, 5) is 4.87. The van der Waals surface area contributed by atoms with E-state index in [0.717, 1.165) is 56.1 Å². The van der Waals surface area contributed by atoms with Gasteiger partial charge in [0.2, 0.25) is 0 Å². The van der Waals surface area contributed by atoms with Crippen molar-refractivity contribution in [3.63, 3.8) is 0 Å². The van der Waals surface area contributed by atoms with Gasteiger partial charge in [0.1, 0.15) is 17.3 Å². The van der Waals surface area contributed by atoms with E-state index in [-0.39, 0.29) is 5.41 Å². The van der Waals surface area contributed by atoms with Gasteiger partial charge in [-0.25, -0.2) is 4.98 Å². The predicted octanol–water partition coefficient (Wildman–Crippen LogP) is 14.3. The Morgan fingerprint density at radius 2 is 1.06 bits per heavy atom. The molecule has 1 aliphatic rings. The van der Waals surface area contributed by atoms with Crippen molar-refractivity contribution in [2.24, 2.45) is 0 Å². The molecule has 0 aliphatic heterocycles. The molecule has 300 valence electrons. The molecule has 0 saturated carbocycles. The van der Waals surface area contributed by atoms with Crippen molar-refractivity contribution in [3.8, 4) is 73.2 Å². The fourth-order valence-corrected chi connectivity index (χ4v) is 9.52. The molecule has 1 aliphatic carbocycles. The van der Waals surface area contributed by atoms with Crippen molar-refractivity contribution in [2.75, 3.05) is 0 Å². The lowest BCUT2D eigenvalue weighted by atomic mass is 9.81. The molecule has 0 radical (unpaired) electrons. The van der Waals surface area contributed by atoms with Gasteiger partial charge in [-0.05, 0) is 116 Å². The molecule has 11 aromatic rings. The van der Waals surface area contributed by atoms with Crippen LogP contribution in [-0.2, 0) is 5.41 Å². The van der Waals surface area contributed by atoms with Crippen LogP contribution in [0.1, 0.15) is 26.3 Å². The van der Waals surface area contributed by atoms with Gasteiger partial charge < -0.3 is 4.74 Å². The number of nitrogens with zero attached hydrogens (tertiary/aromatic N) is 4. The summed E-state index contributed by atoms with van der Waals surface area (Å²) in [6.07, 6.45) is 5.67. The summed E-state index contributed by atoms with van der Waals surface area (Å²) < 4.78 is 13.3. The Morgan fingerprint density at radius 3 is 1.76 bits per heavy atom. The Bertz CT molecular complexity index is 3600. The summed E-state index contributed by atoms with van der Waals surface area (Å²) in [5.41, 5.74) is 17.2. The predicted molar refractivity (Wildman–Crippen MR) is 256 cm³/mol. The number of ether oxygens (including phenoxy) is 1. The number of fused-ring (bicyclic) bond motifs is 12. The van der Waals surface area contributed by atoms with Crippen LogP contribution in [0.3, 0.4) is 0 Å². The van der Waals surface area contributed by atoms with Gasteiger partial charge in [0, 0.05) is 23.0 Å². The number of hydrogen-bond donors (Lipinski definition) is 0. The van der Waals surface area contributed by atoms with Gasteiger partial charge in [0.05, 0.1) is 33.4 Å². The van der Waals surface area contributed by atoms with Crippen LogP contribution in [0.5, 0.6) is 11.5 Å². The zero-order valence-electron chi connectivity index (χ0n) is 35.2. The van der Waals surface area contributed by atoms with Crippen LogP contribution >= 0.6 is 0 Å². The number of aromatic nitrogens is 4. The lowest BCUT2D eigenvalue weighted by molar-refractivity contribution is -0.572. The molecule has 12 rings (SSSR count). The van der Waals surface area contributed by atoms with Crippen molar-refractivity contribution in [2.45, 2.75) is 26.2 Å². The van der Waals surface area contributed by atoms with Crippen LogP contribution in [0.4, 0.5) is 0 Å². The van der Waals surface area contributed by atoms with E-state index >= 15 is 0 Å². The van der Waals surface area contributed by atoms with Crippen molar-refractivity contribution >= 4 is 32.8 Å². The first-order valence-electron chi connectivity index (χ1n) is 21.5. The molecule has 5 heteroatoms. The average Bonchev–Trinajstić information content (AvgIpc) is 3.87. The van der Waals surface area contributed by atoms with Crippen molar-refractivity contribution < 1.29 is 9.30 Å². The van der Waals surface area contributed by atoms with Gasteiger partial charge in [-0.1, -0.05) is 148 Å². The third kappa shape index (κ3) is 6.07. The third-order valence-electron chi connectivity index (χ3n) is 12.6. The molecule has 3 aromatic heterocycles. The second-order valence-electron chi connectivity index (χ2n) is 17.4. The molecule has 0 fully saturated rings. The highest BCUT2D eigenvalue weighted by molar-refractivity contribution is 6.09. The zero-order chi connectivity index (χ0) is 42.2. The minimum absolute atomic E-state index is 0.0103. The SMILES string of the molecule is CC(C)(C)c1ccnc(-n2c3ccccc3c3ccc(Oc4cccc(-n5[c-][n+](-c6ccc7c(c6)-c6ccccc6-c6ccccc6-c6ccccc6-7)c6ccccc65)c4)cc32)c1. The molecule has 0 amide bonds. The lowest BCUT2D eigenvalue weighted by Gasteiger charge is -2.23. The number of benzene rings is 8. The number of pyridine rings is 1. The summed E-state index contributed by atoms with van der Waals surface area (Å²) in [5.74, 6) is 2.37. The molecule has 0 unspecified atom stereocenters. The Kier molecular flexibility index (Phi) is 8.35. The Balaban J connectivity index is 0.950. The summed E-state index contributed by atoms with van der Waals surface area (Å²) in [6, 6.07) is 69.1. The first-order valence-corrected chi connectivity index (χ1v) is 21.5. The van der Waals surface area contributed by atoms with Gasteiger partial charge in [-0.3, -0.25) is 13.7 Å². The number of hydrogen-bond acceptors (Lipinski definition) is 2. The molecular weight excluding hydrogens is 769 g/mol. The first-order chi connectivity index (χ1) is 30.9. The van der Waals surface area contributed by atoms with Crippen LogP contribution in [0.15, 0.2) is 200 Å². The first kappa shape index (κ1) is 36.8. The molecule has 0 N–H and O–H groups in total. The minimum atomic E-state index is -0.0103. The number of rotatable bonds is 5. The Labute approximate surface area is 366 Å². The number of para-hydroxylation sites is 3. The maximum Gasteiger partial charge on any atom is 0.269 e. The smallest absolute Gasteiger partial charge is 0.269 e.